The number of hydrogen-bond donors (Lipinski definition) is 1. The lowest BCUT2D eigenvalue weighted by Crippen LogP contribution is -2.54. The van der Waals surface area contributed by atoms with Gasteiger partial charge in [-0.2, -0.15) is 0 Å². The fraction of sp³-hybridized carbons (Fsp3) is 0.867. The molecule has 0 saturated carbocycles. The van der Waals surface area contributed by atoms with Crippen LogP contribution in [0.2, 0.25) is 0 Å². The van der Waals surface area contributed by atoms with Gasteiger partial charge < -0.3 is 9.80 Å². The highest BCUT2D eigenvalue weighted by molar-refractivity contribution is 5.82. The van der Waals surface area contributed by atoms with Crippen LogP contribution in [0.25, 0.3) is 0 Å². The van der Waals surface area contributed by atoms with Crippen LogP contribution >= 0.6 is 0 Å². The molecule has 0 aromatic rings. The van der Waals surface area contributed by atoms with Crippen molar-refractivity contribution in [1.82, 2.24) is 20.0 Å². The molecule has 132 valence electrons. The molecule has 2 aliphatic heterocycles. The minimum atomic E-state index is -2.79. The van der Waals surface area contributed by atoms with Crippen molar-refractivity contribution in [2.24, 2.45) is 0 Å². The Morgan fingerprint density at radius 2 is 1.78 bits per heavy atom. The molecule has 23 heavy (non-hydrogen) atoms. The van der Waals surface area contributed by atoms with Gasteiger partial charge >= 0.3 is 0 Å². The van der Waals surface area contributed by atoms with E-state index in [2.05, 4.69) is 5.32 Å². The molecule has 2 rings (SSSR count). The van der Waals surface area contributed by atoms with Gasteiger partial charge in [0.15, 0.2) is 0 Å². The van der Waals surface area contributed by atoms with Crippen LogP contribution in [0, 0.1) is 0 Å². The highest BCUT2D eigenvalue weighted by Crippen LogP contribution is 2.26. The van der Waals surface area contributed by atoms with E-state index in [1.54, 1.807) is 9.80 Å². The van der Waals surface area contributed by atoms with Crippen molar-refractivity contribution >= 4 is 11.8 Å². The minimum absolute atomic E-state index is 0.0897. The molecule has 6 nitrogen and oxygen atoms in total. The largest absolute Gasteiger partial charge is 0.342 e. The van der Waals surface area contributed by atoms with Crippen LogP contribution in [0.15, 0.2) is 0 Å². The van der Waals surface area contributed by atoms with E-state index in [1.165, 1.54) is 0 Å². The van der Waals surface area contributed by atoms with Gasteiger partial charge in [0.25, 0.3) is 5.92 Å². The van der Waals surface area contributed by atoms with Gasteiger partial charge in [0.2, 0.25) is 11.8 Å². The van der Waals surface area contributed by atoms with Crippen LogP contribution in [-0.4, -0.2) is 90.8 Å². The van der Waals surface area contributed by atoms with Gasteiger partial charge in [-0.05, 0) is 13.8 Å². The molecule has 2 heterocycles. The molecule has 2 saturated heterocycles. The maximum absolute atomic E-state index is 13.2. The van der Waals surface area contributed by atoms with E-state index in [9.17, 15) is 18.4 Å². The number of rotatable bonds is 5. The lowest BCUT2D eigenvalue weighted by atomic mass is 10.1. The third kappa shape index (κ3) is 4.60. The fourth-order valence-corrected chi connectivity index (χ4v) is 3.10. The van der Waals surface area contributed by atoms with Gasteiger partial charge in [-0.3, -0.25) is 19.8 Å². The summed E-state index contributed by atoms with van der Waals surface area (Å²) in [5.74, 6) is -2.96. The average molecular weight is 332 g/mol. The summed E-state index contributed by atoms with van der Waals surface area (Å²) in [5.41, 5.74) is 0. The van der Waals surface area contributed by atoms with Crippen molar-refractivity contribution in [2.45, 2.75) is 32.2 Å². The van der Waals surface area contributed by atoms with E-state index in [1.807, 2.05) is 18.7 Å². The van der Waals surface area contributed by atoms with Crippen LogP contribution < -0.4 is 5.32 Å². The minimum Gasteiger partial charge on any atom is -0.342 e. The summed E-state index contributed by atoms with van der Waals surface area (Å²) in [4.78, 5) is 29.8. The van der Waals surface area contributed by atoms with Crippen LogP contribution in [-0.2, 0) is 9.59 Å². The highest BCUT2D eigenvalue weighted by atomic mass is 19.3. The Balaban J connectivity index is 1.78. The number of likely N-dealkylation sites (N-methyl/N-ethyl adjacent to an activating group) is 1. The zero-order chi connectivity index (χ0) is 17.0. The third-order valence-corrected chi connectivity index (χ3v) is 4.57. The predicted octanol–water partition coefficient (Wildman–Crippen LogP) is -0.00380. The Bertz CT molecular complexity index is 435. The van der Waals surface area contributed by atoms with Gasteiger partial charge in [0.05, 0.1) is 19.1 Å². The van der Waals surface area contributed by atoms with Crippen LogP contribution in [0.1, 0.15) is 20.3 Å². The molecule has 0 aromatic heterocycles. The maximum Gasteiger partial charge on any atom is 0.262 e. The molecule has 0 aromatic carbocycles. The standard InChI is InChI=1S/C15H26F2N4O2/c1-3-20(4-2)13(22)10-19-5-7-21(8-6-19)14(23)12-9-15(16,17)11-18-12/h12,18H,3-11H2,1-2H3. The molecular formula is C15H26F2N4O2. The lowest BCUT2D eigenvalue weighted by molar-refractivity contribution is -0.136. The summed E-state index contributed by atoms with van der Waals surface area (Å²) < 4.78 is 26.4. The van der Waals surface area contributed by atoms with Crippen molar-refractivity contribution in [2.75, 3.05) is 52.4 Å². The first kappa shape index (κ1) is 18.1. The highest BCUT2D eigenvalue weighted by Gasteiger charge is 2.43. The predicted molar refractivity (Wildman–Crippen MR) is 82.3 cm³/mol. The number of alkyl halides is 2. The monoisotopic (exact) mass is 332 g/mol. The Morgan fingerprint density at radius 1 is 1.17 bits per heavy atom. The first-order valence-electron chi connectivity index (χ1n) is 8.26. The van der Waals surface area contributed by atoms with Crippen LogP contribution in [0.4, 0.5) is 8.78 Å². The molecule has 2 amide bonds. The molecule has 1 atom stereocenters. The van der Waals surface area contributed by atoms with E-state index in [4.69, 9.17) is 0 Å². The molecule has 0 radical (unpaired) electrons. The fourth-order valence-electron chi connectivity index (χ4n) is 3.10. The number of nitrogens with zero attached hydrogens (tertiary/aromatic N) is 3. The van der Waals surface area contributed by atoms with E-state index in [-0.39, 0.29) is 11.8 Å². The number of carbonyl (C=O) groups is 2. The SMILES string of the molecule is CCN(CC)C(=O)CN1CCN(C(=O)C2CC(F)(F)CN2)CC1. The number of hydrogen-bond acceptors (Lipinski definition) is 4. The Kier molecular flexibility index (Phi) is 5.91. The van der Waals surface area contributed by atoms with Crippen molar-refractivity contribution in [3.63, 3.8) is 0 Å². The van der Waals surface area contributed by atoms with Gasteiger partial charge in [-0.15, -0.1) is 0 Å². The number of piperazine rings is 1. The van der Waals surface area contributed by atoms with Gasteiger partial charge in [-0.25, -0.2) is 8.78 Å². The van der Waals surface area contributed by atoms with Gasteiger partial charge in [0, 0.05) is 45.7 Å². The number of carbonyl (C=O) groups excluding carboxylic acids is 2. The number of nitrogens with one attached hydrogen (secondary N) is 1. The molecule has 2 fully saturated rings. The first-order valence-corrected chi connectivity index (χ1v) is 8.26. The van der Waals surface area contributed by atoms with Crippen molar-refractivity contribution < 1.29 is 18.4 Å². The second-order valence-corrected chi connectivity index (χ2v) is 6.16. The topological polar surface area (TPSA) is 55.9 Å². The normalized spacial score (nSPS) is 24.7. The lowest BCUT2D eigenvalue weighted by Gasteiger charge is -2.36. The summed E-state index contributed by atoms with van der Waals surface area (Å²) in [6, 6.07) is -0.783. The van der Waals surface area contributed by atoms with Crippen molar-refractivity contribution in [1.29, 1.82) is 0 Å². The summed E-state index contributed by atoms with van der Waals surface area (Å²) >= 11 is 0. The molecular weight excluding hydrogens is 306 g/mol. The molecule has 0 aliphatic carbocycles. The van der Waals surface area contributed by atoms with E-state index in [0.717, 1.165) is 0 Å². The molecule has 0 spiro atoms. The number of amides is 2. The zero-order valence-corrected chi connectivity index (χ0v) is 13.9. The number of halogens is 2. The molecule has 0 bridgehead atoms. The smallest absolute Gasteiger partial charge is 0.262 e. The summed E-state index contributed by atoms with van der Waals surface area (Å²) in [7, 11) is 0. The van der Waals surface area contributed by atoms with Crippen LogP contribution in [0.5, 0.6) is 0 Å². The average Bonchev–Trinajstić information content (AvgIpc) is 2.88. The second-order valence-electron chi connectivity index (χ2n) is 6.16. The molecule has 2 aliphatic rings. The van der Waals surface area contributed by atoms with Gasteiger partial charge in [-0.1, -0.05) is 0 Å². The van der Waals surface area contributed by atoms with E-state index in [0.29, 0.717) is 45.8 Å². The zero-order valence-electron chi connectivity index (χ0n) is 13.9. The summed E-state index contributed by atoms with van der Waals surface area (Å²) in [6.45, 7) is 7.35. The van der Waals surface area contributed by atoms with Crippen molar-refractivity contribution in [3.8, 4) is 0 Å². The third-order valence-electron chi connectivity index (χ3n) is 4.57. The Morgan fingerprint density at radius 3 is 2.26 bits per heavy atom. The maximum atomic E-state index is 13.2. The second kappa shape index (κ2) is 7.53. The van der Waals surface area contributed by atoms with E-state index >= 15 is 0 Å². The van der Waals surface area contributed by atoms with Gasteiger partial charge in [0.1, 0.15) is 0 Å². The van der Waals surface area contributed by atoms with E-state index < -0.39 is 24.9 Å². The molecule has 1 unspecified atom stereocenters. The quantitative estimate of drug-likeness (QED) is 0.770. The van der Waals surface area contributed by atoms with Crippen LogP contribution in [0.3, 0.4) is 0 Å². The van der Waals surface area contributed by atoms with Crippen molar-refractivity contribution in [3.05, 3.63) is 0 Å². The molecule has 8 heteroatoms. The Labute approximate surface area is 135 Å². The molecule has 1 N–H and O–H groups in total. The Hall–Kier alpha value is -1.28. The summed E-state index contributed by atoms with van der Waals surface area (Å²) in [5, 5.41) is 2.60. The summed E-state index contributed by atoms with van der Waals surface area (Å²) in [6.07, 6.45) is -0.424. The first-order chi connectivity index (χ1) is 10.9.